The van der Waals surface area contributed by atoms with Crippen molar-refractivity contribution in [2.24, 2.45) is 0 Å². The van der Waals surface area contributed by atoms with Gasteiger partial charge >= 0.3 is 0 Å². The van der Waals surface area contributed by atoms with Crippen molar-refractivity contribution >= 4 is 0 Å². The van der Waals surface area contributed by atoms with Crippen LogP contribution in [0.25, 0.3) is 11.4 Å². The van der Waals surface area contributed by atoms with Crippen LogP contribution in [0.3, 0.4) is 0 Å². The number of hydrogen-bond acceptors (Lipinski definition) is 4. The van der Waals surface area contributed by atoms with Crippen LogP contribution in [0.5, 0.6) is 0 Å². The monoisotopic (exact) mass is 316 g/mol. The third kappa shape index (κ3) is 3.19. The fourth-order valence-electron chi connectivity index (χ4n) is 3.23. The van der Waals surface area contributed by atoms with Gasteiger partial charge in [-0.05, 0) is 37.0 Å². The van der Waals surface area contributed by atoms with Crippen molar-refractivity contribution in [1.29, 1.82) is 0 Å². The lowest BCUT2D eigenvalue weighted by Gasteiger charge is -2.25. The van der Waals surface area contributed by atoms with Crippen LogP contribution in [0, 0.1) is 0 Å². The van der Waals surface area contributed by atoms with Crippen LogP contribution in [-0.2, 0) is 13.0 Å². The third-order valence-corrected chi connectivity index (χ3v) is 4.52. The molecule has 0 spiro atoms. The molecule has 0 aliphatic heterocycles. The second kappa shape index (κ2) is 6.89. The number of fused-ring (bicyclic) bond motifs is 1. The molecular weight excluding hydrogens is 296 g/mol. The van der Waals surface area contributed by atoms with Crippen LogP contribution in [0.4, 0.5) is 0 Å². The van der Waals surface area contributed by atoms with Crippen molar-refractivity contribution in [3.8, 4) is 11.4 Å². The van der Waals surface area contributed by atoms with Gasteiger partial charge in [-0.15, -0.1) is 0 Å². The summed E-state index contributed by atoms with van der Waals surface area (Å²) in [6.07, 6.45) is 9.00. The van der Waals surface area contributed by atoms with Gasteiger partial charge in [0.1, 0.15) is 0 Å². The molecule has 4 rings (SSSR count). The zero-order chi connectivity index (χ0) is 16.2. The predicted molar refractivity (Wildman–Crippen MR) is 94.2 cm³/mol. The molecule has 3 aromatic rings. The number of aryl methyl sites for hydroxylation is 1. The fourth-order valence-corrected chi connectivity index (χ4v) is 3.23. The molecule has 2 heterocycles. The zero-order valence-electron chi connectivity index (χ0n) is 13.5. The van der Waals surface area contributed by atoms with Gasteiger partial charge in [0.15, 0.2) is 5.82 Å². The van der Waals surface area contributed by atoms with Gasteiger partial charge in [0.25, 0.3) is 0 Å². The zero-order valence-corrected chi connectivity index (χ0v) is 13.5. The van der Waals surface area contributed by atoms with Gasteiger partial charge in [-0.1, -0.05) is 30.3 Å². The molecule has 0 fully saturated rings. The maximum absolute atomic E-state index is 4.83. The van der Waals surface area contributed by atoms with Crippen LogP contribution in [0.2, 0.25) is 0 Å². The lowest BCUT2D eigenvalue weighted by Crippen LogP contribution is -2.26. The average molecular weight is 316 g/mol. The summed E-state index contributed by atoms with van der Waals surface area (Å²) < 4.78 is 0. The van der Waals surface area contributed by atoms with Crippen molar-refractivity contribution in [3.05, 3.63) is 77.9 Å². The Bertz CT molecular complexity index is 802. The van der Waals surface area contributed by atoms with E-state index in [2.05, 4.69) is 27.4 Å². The average Bonchev–Trinajstić information content (AvgIpc) is 2.67. The quantitative estimate of drug-likeness (QED) is 0.797. The van der Waals surface area contributed by atoms with Crippen molar-refractivity contribution in [3.63, 3.8) is 0 Å². The number of hydrogen-bond donors (Lipinski definition) is 1. The summed E-state index contributed by atoms with van der Waals surface area (Å²) in [5.74, 6) is 0.823. The SMILES string of the molecule is c1ccc(-c2ncc3c(n2)CCC[C@@H]3NCc2ccncc2)cc1. The molecule has 4 nitrogen and oxygen atoms in total. The maximum atomic E-state index is 4.83. The first-order valence-electron chi connectivity index (χ1n) is 8.44. The van der Waals surface area contributed by atoms with Gasteiger partial charge < -0.3 is 5.32 Å². The second-order valence-corrected chi connectivity index (χ2v) is 6.14. The first kappa shape index (κ1) is 15.0. The molecular formula is C20H20N4. The van der Waals surface area contributed by atoms with Crippen molar-refractivity contribution in [1.82, 2.24) is 20.3 Å². The third-order valence-electron chi connectivity index (χ3n) is 4.52. The molecule has 1 aromatic carbocycles. The van der Waals surface area contributed by atoms with E-state index in [1.54, 1.807) is 0 Å². The summed E-state index contributed by atoms with van der Waals surface area (Å²) in [4.78, 5) is 13.5. The summed E-state index contributed by atoms with van der Waals surface area (Å²) in [5.41, 5.74) is 4.75. The van der Waals surface area contributed by atoms with Gasteiger partial charge in [0.2, 0.25) is 0 Å². The molecule has 1 N–H and O–H groups in total. The van der Waals surface area contributed by atoms with Gasteiger partial charge in [-0.25, -0.2) is 9.97 Å². The standard InChI is InChI=1S/C20H20N4/c1-2-5-16(6-3-1)20-23-14-17-18(7-4-8-19(17)24-20)22-13-15-9-11-21-12-10-15/h1-3,5-6,9-12,14,18,22H,4,7-8,13H2/t18-/m0/s1. The van der Waals surface area contributed by atoms with Crippen LogP contribution >= 0.6 is 0 Å². The summed E-state index contributed by atoms with van der Waals surface area (Å²) in [5, 5.41) is 3.65. The number of benzene rings is 1. The number of pyridine rings is 1. The number of rotatable bonds is 4. The molecule has 0 amide bonds. The molecule has 1 aliphatic rings. The molecule has 0 saturated heterocycles. The highest BCUT2D eigenvalue weighted by Gasteiger charge is 2.22. The Kier molecular flexibility index (Phi) is 4.30. The van der Waals surface area contributed by atoms with E-state index in [-0.39, 0.29) is 0 Å². The summed E-state index contributed by atoms with van der Waals surface area (Å²) >= 11 is 0. The van der Waals surface area contributed by atoms with E-state index in [1.165, 1.54) is 16.8 Å². The molecule has 0 bridgehead atoms. The van der Waals surface area contributed by atoms with E-state index >= 15 is 0 Å². The number of nitrogens with zero attached hydrogens (tertiary/aromatic N) is 3. The molecule has 24 heavy (non-hydrogen) atoms. The van der Waals surface area contributed by atoms with Gasteiger partial charge in [0, 0.05) is 48.0 Å². The second-order valence-electron chi connectivity index (χ2n) is 6.14. The Morgan fingerprint density at radius 1 is 1.04 bits per heavy atom. The van der Waals surface area contributed by atoms with E-state index in [4.69, 9.17) is 4.98 Å². The highest BCUT2D eigenvalue weighted by molar-refractivity contribution is 5.55. The highest BCUT2D eigenvalue weighted by Crippen LogP contribution is 2.29. The molecule has 0 unspecified atom stereocenters. The number of nitrogens with one attached hydrogen (secondary N) is 1. The minimum absolute atomic E-state index is 0.326. The van der Waals surface area contributed by atoms with E-state index in [0.717, 1.165) is 37.2 Å². The van der Waals surface area contributed by atoms with Crippen LogP contribution in [-0.4, -0.2) is 15.0 Å². The maximum Gasteiger partial charge on any atom is 0.159 e. The number of aromatic nitrogens is 3. The summed E-state index contributed by atoms with van der Waals surface area (Å²) in [6, 6.07) is 14.6. The molecule has 1 atom stereocenters. The molecule has 1 aliphatic carbocycles. The predicted octanol–water partition coefficient (Wildman–Crippen LogP) is 3.71. The van der Waals surface area contributed by atoms with E-state index in [0.29, 0.717) is 6.04 Å². The molecule has 0 radical (unpaired) electrons. The Morgan fingerprint density at radius 2 is 1.88 bits per heavy atom. The normalized spacial score (nSPS) is 16.6. The van der Waals surface area contributed by atoms with E-state index in [9.17, 15) is 0 Å². The molecule has 4 heteroatoms. The van der Waals surface area contributed by atoms with Gasteiger partial charge in [-0.3, -0.25) is 4.98 Å². The van der Waals surface area contributed by atoms with Gasteiger partial charge in [0.05, 0.1) is 0 Å². The van der Waals surface area contributed by atoms with Crippen molar-refractivity contribution < 1.29 is 0 Å². The van der Waals surface area contributed by atoms with E-state index < -0.39 is 0 Å². The van der Waals surface area contributed by atoms with Crippen LogP contribution in [0.1, 0.15) is 35.7 Å². The lowest BCUT2D eigenvalue weighted by atomic mass is 9.92. The minimum atomic E-state index is 0.326. The first-order chi connectivity index (χ1) is 11.9. The Hall–Kier alpha value is -2.59. The topological polar surface area (TPSA) is 50.7 Å². The highest BCUT2D eigenvalue weighted by atomic mass is 14.9. The summed E-state index contributed by atoms with van der Waals surface area (Å²) in [6.45, 7) is 0.840. The van der Waals surface area contributed by atoms with Crippen molar-refractivity contribution in [2.45, 2.75) is 31.8 Å². The Labute approximate surface area is 142 Å². The fraction of sp³-hybridized carbons (Fsp3) is 0.250. The van der Waals surface area contributed by atoms with Crippen molar-refractivity contribution in [2.75, 3.05) is 0 Å². The molecule has 2 aromatic heterocycles. The van der Waals surface area contributed by atoms with Crippen LogP contribution < -0.4 is 5.32 Å². The summed E-state index contributed by atoms with van der Waals surface area (Å²) in [7, 11) is 0. The molecule has 0 saturated carbocycles. The van der Waals surface area contributed by atoms with Gasteiger partial charge in [-0.2, -0.15) is 0 Å². The Morgan fingerprint density at radius 3 is 2.71 bits per heavy atom. The van der Waals surface area contributed by atoms with Crippen LogP contribution in [0.15, 0.2) is 61.1 Å². The first-order valence-corrected chi connectivity index (χ1v) is 8.44. The molecule has 120 valence electrons. The smallest absolute Gasteiger partial charge is 0.159 e. The largest absolute Gasteiger partial charge is 0.306 e. The van der Waals surface area contributed by atoms with E-state index in [1.807, 2.05) is 48.9 Å². The lowest BCUT2D eigenvalue weighted by molar-refractivity contribution is 0.452. The Balaban J connectivity index is 1.55. The minimum Gasteiger partial charge on any atom is -0.306 e.